The van der Waals surface area contributed by atoms with Crippen LogP contribution < -0.4 is 11.1 Å². The molecule has 0 unspecified atom stereocenters. The molecule has 1 aliphatic heterocycles. The number of aryl methyl sites for hydroxylation is 1. The Balaban J connectivity index is 0.00000150. The van der Waals surface area contributed by atoms with E-state index in [0.717, 1.165) is 63.0 Å². The molecule has 4 rings (SSSR count). The minimum Gasteiger partial charge on any atom is -0.379 e. The highest BCUT2D eigenvalue weighted by molar-refractivity contribution is 5.85. The third kappa shape index (κ3) is 5.95. The van der Waals surface area contributed by atoms with E-state index in [4.69, 9.17) is 10.5 Å². The Morgan fingerprint density at radius 1 is 1.10 bits per heavy atom. The number of ether oxygens (including phenoxy) is 1. The fraction of sp³-hybridized carbons (Fsp3) is 0.810. The van der Waals surface area contributed by atoms with Crippen LogP contribution in [0.3, 0.4) is 0 Å². The Morgan fingerprint density at radius 3 is 2.38 bits per heavy atom. The van der Waals surface area contributed by atoms with Crippen molar-refractivity contribution in [2.45, 2.75) is 75.8 Å². The zero-order valence-electron chi connectivity index (χ0n) is 17.6. The molecule has 2 saturated carbocycles. The first kappa shape index (κ1) is 24.6. The Bertz CT molecular complexity index is 627. The lowest BCUT2D eigenvalue weighted by Gasteiger charge is -2.46. The van der Waals surface area contributed by atoms with Gasteiger partial charge in [0.1, 0.15) is 11.6 Å². The predicted octanol–water partition coefficient (Wildman–Crippen LogP) is 3.67. The first-order chi connectivity index (χ1) is 13.1. The van der Waals surface area contributed by atoms with Gasteiger partial charge >= 0.3 is 0 Å². The van der Waals surface area contributed by atoms with Gasteiger partial charge in [-0.1, -0.05) is 25.7 Å². The highest BCUT2D eigenvalue weighted by Crippen LogP contribution is 2.36. The van der Waals surface area contributed by atoms with Crippen LogP contribution in [0, 0.1) is 6.92 Å². The van der Waals surface area contributed by atoms with Crippen molar-refractivity contribution in [2.24, 2.45) is 5.73 Å². The Morgan fingerprint density at radius 2 is 1.76 bits per heavy atom. The van der Waals surface area contributed by atoms with Gasteiger partial charge in [0.15, 0.2) is 0 Å². The molecule has 3 N–H and O–H groups in total. The number of nitrogens with two attached hydrogens (primary N) is 1. The molecule has 0 aromatic carbocycles. The predicted molar refractivity (Wildman–Crippen MR) is 123 cm³/mol. The molecule has 1 saturated heterocycles. The van der Waals surface area contributed by atoms with Gasteiger partial charge in [-0.3, -0.25) is 4.90 Å². The van der Waals surface area contributed by atoms with Crippen LogP contribution in [-0.2, 0) is 4.74 Å². The maximum Gasteiger partial charge on any atom is 0.129 e. The first-order valence-electron chi connectivity index (χ1n) is 10.8. The largest absolute Gasteiger partial charge is 0.379 e. The van der Waals surface area contributed by atoms with E-state index in [-0.39, 0.29) is 30.4 Å². The molecule has 166 valence electrons. The van der Waals surface area contributed by atoms with Crippen LogP contribution in [-0.4, -0.2) is 59.3 Å². The second-order valence-corrected chi connectivity index (χ2v) is 8.75. The molecule has 8 heteroatoms. The summed E-state index contributed by atoms with van der Waals surface area (Å²) in [5.74, 6) is 2.35. The lowest BCUT2D eigenvalue weighted by atomic mass is 9.78. The van der Waals surface area contributed by atoms with Crippen molar-refractivity contribution in [3.05, 3.63) is 17.6 Å². The summed E-state index contributed by atoms with van der Waals surface area (Å²) in [6, 6.07) is 2.50. The lowest BCUT2D eigenvalue weighted by molar-refractivity contribution is -0.0240. The summed E-state index contributed by atoms with van der Waals surface area (Å²) in [7, 11) is 0. The molecule has 0 spiro atoms. The second kappa shape index (κ2) is 11.1. The first-order valence-corrected chi connectivity index (χ1v) is 10.8. The molecule has 0 bridgehead atoms. The molecule has 0 radical (unpaired) electrons. The zero-order valence-corrected chi connectivity index (χ0v) is 19.2. The SMILES string of the molecule is Cc1nc(NCC2(N3CCOCC3)CCCCCC2)cc(C2CC(N)C2)n1.Cl.Cl. The van der Waals surface area contributed by atoms with Gasteiger partial charge < -0.3 is 15.8 Å². The summed E-state index contributed by atoms with van der Waals surface area (Å²) in [5.41, 5.74) is 7.37. The van der Waals surface area contributed by atoms with Gasteiger partial charge in [0.2, 0.25) is 0 Å². The average molecular weight is 446 g/mol. The highest BCUT2D eigenvalue weighted by Gasteiger charge is 2.38. The maximum atomic E-state index is 5.98. The smallest absolute Gasteiger partial charge is 0.129 e. The number of hydrogen-bond donors (Lipinski definition) is 2. The van der Waals surface area contributed by atoms with Crippen LogP contribution in [0.5, 0.6) is 0 Å². The third-order valence-electron chi connectivity index (χ3n) is 6.77. The summed E-state index contributed by atoms with van der Waals surface area (Å²) in [6.45, 7) is 6.79. The topological polar surface area (TPSA) is 76.3 Å². The van der Waals surface area contributed by atoms with Crippen LogP contribution in [0.1, 0.15) is 68.8 Å². The Kier molecular flexibility index (Phi) is 9.42. The summed E-state index contributed by atoms with van der Waals surface area (Å²) in [6.07, 6.45) is 10.0. The van der Waals surface area contributed by atoms with E-state index >= 15 is 0 Å². The van der Waals surface area contributed by atoms with Crippen LogP contribution in [0.2, 0.25) is 0 Å². The number of rotatable bonds is 5. The van der Waals surface area contributed by atoms with Crippen molar-refractivity contribution in [1.82, 2.24) is 14.9 Å². The van der Waals surface area contributed by atoms with Crippen molar-refractivity contribution < 1.29 is 4.74 Å². The monoisotopic (exact) mass is 445 g/mol. The highest BCUT2D eigenvalue weighted by atomic mass is 35.5. The quantitative estimate of drug-likeness (QED) is 0.673. The van der Waals surface area contributed by atoms with Crippen LogP contribution >= 0.6 is 24.8 Å². The molecule has 1 aromatic heterocycles. The van der Waals surface area contributed by atoms with E-state index in [1.165, 1.54) is 38.5 Å². The molecule has 3 fully saturated rings. The second-order valence-electron chi connectivity index (χ2n) is 8.75. The number of morpholine rings is 1. The fourth-order valence-corrected chi connectivity index (χ4v) is 5.08. The van der Waals surface area contributed by atoms with Crippen molar-refractivity contribution in [1.29, 1.82) is 0 Å². The van der Waals surface area contributed by atoms with Gasteiger partial charge in [0, 0.05) is 48.9 Å². The number of halogens is 2. The molecule has 2 aliphatic carbocycles. The fourth-order valence-electron chi connectivity index (χ4n) is 5.08. The number of nitrogens with zero attached hydrogens (tertiary/aromatic N) is 3. The number of nitrogens with one attached hydrogen (secondary N) is 1. The third-order valence-corrected chi connectivity index (χ3v) is 6.77. The number of hydrogen-bond acceptors (Lipinski definition) is 6. The lowest BCUT2D eigenvalue weighted by Crippen LogP contribution is -2.57. The normalized spacial score (nSPS) is 27.0. The van der Waals surface area contributed by atoms with Crippen molar-refractivity contribution >= 4 is 30.6 Å². The molecule has 0 atom stereocenters. The van der Waals surface area contributed by atoms with Crippen LogP contribution in [0.15, 0.2) is 6.07 Å². The minimum absolute atomic E-state index is 0. The number of aromatic nitrogens is 2. The molecule has 6 nitrogen and oxygen atoms in total. The molecular formula is C21H37Cl2N5O. The van der Waals surface area contributed by atoms with Crippen LogP contribution in [0.25, 0.3) is 0 Å². The maximum absolute atomic E-state index is 5.98. The number of anilines is 1. The van der Waals surface area contributed by atoms with Crippen molar-refractivity contribution in [3.8, 4) is 0 Å². The van der Waals surface area contributed by atoms with E-state index in [2.05, 4.69) is 26.3 Å². The Hall–Kier alpha value is -0.660. The zero-order chi connectivity index (χ0) is 18.7. The Labute approximate surface area is 187 Å². The summed E-state index contributed by atoms with van der Waals surface area (Å²) in [5, 5.41) is 3.71. The standard InChI is InChI=1S/C21H35N5O.2ClH/c1-16-24-19(17-12-18(22)13-17)14-20(25-16)23-15-21(6-4-2-3-5-7-21)26-8-10-27-11-9-26;;/h14,17-18H,2-13,15,22H2,1H3,(H,23,24,25);2*1H. The van der Waals surface area contributed by atoms with E-state index in [0.29, 0.717) is 12.0 Å². The van der Waals surface area contributed by atoms with Gasteiger partial charge in [0.05, 0.1) is 13.2 Å². The van der Waals surface area contributed by atoms with Gasteiger partial charge in [-0.2, -0.15) is 0 Å². The summed E-state index contributed by atoms with van der Waals surface area (Å²) in [4.78, 5) is 12.0. The van der Waals surface area contributed by atoms with Gasteiger partial charge in [-0.25, -0.2) is 9.97 Å². The molecule has 2 heterocycles. The van der Waals surface area contributed by atoms with Crippen molar-refractivity contribution in [3.63, 3.8) is 0 Å². The van der Waals surface area contributed by atoms with E-state index < -0.39 is 0 Å². The van der Waals surface area contributed by atoms with Gasteiger partial charge in [-0.05, 0) is 32.6 Å². The van der Waals surface area contributed by atoms with E-state index in [9.17, 15) is 0 Å². The molecule has 0 amide bonds. The molecular weight excluding hydrogens is 409 g/mol. The van der Waals surface area contributed by atoms with Crippen molar-refractivity contribution in [2.75, 3.05) is 38.2 Å². The molecule has 1 aromatic rings. The van der Waals surface area contributed by atoms with Gasteiger partial charge in [0.25, 0.3) is 0 Å². The molecule has 29 heavy (non-hydrogen) atoms. The van der Waals surface area contributed by atoms with E-state index in [1.54, 1.807) is 0 Å². The average Bonchev–Trinajstić information content (AvgIpc) is 2.91. The summed E-state index contributed by atoms with van der Waals surface area (Å²) >= 11 is 0. The molecule has 3 aliphatic rings. The minimum atomic E-state index is 0. The summed E-state index contributed by atoms with van der Waals surface area (Å²) < 4.78 is 5.62. The van der Waals surface area contributed by atoms with Gasteiger partial charge in [-0.15, -0.1) is 24.8 Å². The van der Waals surface area contributed by atoms with Crippen LogP contribution in [0.4, 0.5) is 5.82 Å². The van der Waals surface area contributed by atoms with E-state index in [1.807, 2.05) is 6.92 Å².